The van der Waals surface area contributed by atoms with Crippen molar-refractivity contribution in [3.8, 4) is 16.9 Å². The number of sulfone groups is 1. The second-order valence-electron chi connectivity index (χ2n) is 5.77. The fourth-order valence-corrected chi connectivity index (χ4v) is 4.25. The Labute approximate surface area is 149 Å². The molecule has 0 radical (unpaired) electrons. The average Bonchev–Trinajstić information content (AvgIpc) is 3.02. The maximum absolute atomic E-state index is 13.8. The van der Waals surface area contributed by atoms with E-state index in [1.807, 2.05) is 0 Å². The molecule has 26 heavy (non-hydrogen) atoms. The Bertz CT molecular complexity index is 1190. The minimum absolute atomic E-state index is 0.0213. The van der Waals surface area contributed by atoms with Crippen molar-refractivity contribution in [2.45, 2.75) is 9.99 Å². The monoisotopic (exact) mass is 368 g/mol. The van der Waals surface area contributed by atoms with E-state index in [-0.39, 0.29) is 21.3 Å². The van der Waals surface area contributed by atoms with E-state index in [4.69, 9.17) is 4.42 Å². The van der Waals surface area contributed by atoms with E-state index in [1.54, 1.807) is 30.3 Å². The maximum atomic E-state index is 13.8. The molecule has 0 atom stereocenters. The van der Waals surface area contributed by atoms with Gasteiger partial charge in [-0.1, -0.05) is 30.3 Å². The van der Waals surface area contributed by atoms with Crippen molar-refractivity contribution >= 4 is 20.8 Å². The van der Waals surface area contributed by atoms with Crippen LogP contribution >= 0.6 is 0 Å². The molecule has 1 N–H and O–H groups in total. The lowest BCUT2D eigenvalue weighted by atomic mass is 10.0. The summed E-state index contributed by atoms with van der Waals surface area (Å²) in [6.07, 6.45) is 0. The van der Waals surface area contributed by atoms with Gasteiger partial charge in [0.1, 0.15) is 17.1 Å². The van der Waals surface area contributed by atoms with E-state index in [0.717, 1.165) is 0 Å². The summed E-state index contributed by atoms with van der Waals surface area (Å²) in [5, 5.41) is 9.54. The summed E-state index contributed by atoms with van der Waals surface area (Å²) < 4.78 is 45.7. The van der Waals surface area contributed by atoms with Gasteiger partial charge in [0.2, 0.25) is 14.9 Å². The number of aromatic hydroxyl groups is 1. The van der Waals surface area contributed by atoms with Crippen LogP contribution < -0.4 is 0 Å². The Hall–Kier alpha value is -3.12. The molecule has 4 rings (SSSR count). The number of benzene rings is 3. The van der Waals surface area contributed by atoms with Crippen LogP contribution in [0.15, 0.2) is 87.2 Å². The number of phenolic OH excluding ortho intramolecular Hbond substituents is 1. The van der Waals surface area contributed by atoms with Gasteiger partial charge >= 0.3 is 0 Å². The third-order valence-electron chi connectivity index (χ3n) is 4.07. The molecule has 0 aliphatic rings. The summed E-state index contributed by atoms with van der Waals surface area (Å²) in [6.45, 7) is 0. The van der Waals surface area contributed by atoms with E-state index in [9.17, 15) is 17.9 Å². The second-order valence-corrected chi connectivity index (χ2v) is 7.62. The molecule has 0 bridgehead atoms. The molecule has 0 amide bonds. The summed E-state index contributed by atoms with van der Waals surface area (Å²) in [7, 11) is -4.01. The maximum Gasteiger partial charge on any atom is 0.240 e. The largest absolute Gasteiger partial charge is 0.508 e. The molecule has 0 aliphatic carbocycles. The third-order valence-corrected chi connectivity index (χ3v) is 5.74. The Morgan fingerprint density at radius 3 is 2.27 bits per heavy atom. The second kappa shape index (κ2) is 6.00. The summed E-state index contributed by atoms with van der Waals surface area (Å²) in [6, 6.07) is 17.9. The molecule has 1 aromatic heterocycles. The lowest BCUT2D eigenvalue weighted by Crippen LogP contribution is -2.02. The van der Waals surface area contributed by atoms with Gasteiger partial charge in [-0.05, 0) is 48.0 Å². The van der Waals surface area contributed by atoms with Crippen LogP contribution in [-0.2, 0) is 9.84 Å². The van der Waals surface area contributed by atoms with Crippen molar-refractivity contribution in [2.75, 3.05) is 0 Å². The Morgan fingerprint density at radius 1 is 0.885 bits per heavy atom. The smallest absolute Gasteiger partial charge is 0.240 e. The molecule has 130 valence electrons. The number of halogens is 1. The minimum Gasteiger partial charge on any atom is -0.508 e. The summed E-state index contributed by atoms with van der Waals surface area (Å²) >= 11 is 0. The van der Waals surface area contributed by atoms with Gasteiger partial charge in [0.05, 0.1) is 4.90 Å². The molecule has 3 aromatic carbocycles. The zero-order valence-corrected chi connectivity index (χ0v) is 14.2. The number of furan rings is 1. The Kier molecular flexibility index (Phi) is 3.77. The van der Waals surface area contributed by atoms with Crippen molar-refractivity contribution in [3.05, 3.63) is 78.6 Å². The number of hydrogen-bond acceptors (Lipinski definition) is 4. The highest BCUT2D eigenvalue weighted by Gasteiger charge is 2.29. The van der Waals surface area contributed by atoms with Crippen molar-refractivity contribution in [1.82, 2.24) is 0 Å². The van der Waals surface area contributed by atoms with Gasteiger partial charge < -0.3 is 9.52 Å². The zero-order valence-electron chi connectivity index (χ0n) is 13.4. The minimum atomic E-state index is -4.01. The number of rotatable bonds is 3. The average molecular weight is 368 g/mol. The van der Waals surface area contributed by atoms with Gasteiger partial charge in [0.15, 0.2) is 0 Å². The van der Waals surface area contributed by atoms with Crippen LogP contribution in [0.25, 0.3) is 22.1 Å². The zero-order chi connectivity index (χ0) is 18.3. The molecular formula is C20H13FO4S. The molecule has 0 aliphatic heterocycles. The van der Waals surface area contributed by atoms with Gasteiger partial charge in [0.25, 0.3) is 0 Å². The van der Waals surface area contributed by atoms with E-state index in [0.29, 0.717) is 16.5 Å². The van der Waals surface area contributed by atoms with Crippen LogP contribution in [0.2, 0.25) is 0 Å². The Morgan fingerprint density at radius 2 is 1.58 bits per heavy atom. The van der Waals surface area contributed by atoms with Crippen LogP contribution in [0.4, 0.5) is 4.39 Å². The lowest BCUT2D eigenvalue weighted by Gasteiger charge is -2.06. The van der Waals surface area contributed by atoms with Crippen LogP contribution in [0.3, 0.4) is 0 Å². The first-order valence-corrected chi connectivity index (χ1v) is 9.27. The quantitative estimate of drug-likeness (QED) is 0.565. The standard InChI is InChI=1S/C20H13FO4S/c21-14-6-11-18-17(12-14)19(13-4-2-1-3-5-13)20(25-18)26(23,24)16-9-7-15(22)8-10-16/h1-12,22H. The Balaban J connectivity index is 2.05. The van der Waals surface area contributed by atoms with Crippen molar-refractivity contribution in [2.24, 2.45) is 0 Å². The molecule has 0 spiro atoms. The number of fused-ring (bicyclic) bond motifs is 1. The third kappa shape index (κ3) is 2.64. The molecule has 6 heteroatoms. The number of hydrogen-bond donors (Lipinski definition) is 1. The van der Waals surface area contributed by atoms with Crippen LogP contribution in [0.5, 0.6) is 5.75 Å². The molecule has 1 heterocycles. The van der Waals surface area contributed by atoms with Crippen molar-refractivity contribution < 1.29 is 22.3 Å². The lowest BCUT2D eigenvalue weighted by molar-refractivity contribution is 0.473. The molecule has 0 unspecified atom stereocenters. The van der Waals surface area contributed by atoms with Gasteiger partial charge in [-0.15, -0.1) is 0 Å². The summed E-state index contributed by atoms with van der Waals surface area (Å²) in [5.74, 6) is -0.525. The van der Waals surface area contributed by atoms with Crippen LogP contribution in [0, 0.1) is 5.82 Å². The van der Waals surface area contributed by atoms with E-state index in [2.05, 4.69) is 0 Å². The highest BCUT2D eigenvalue weighted by molar-refractivity contribution is 7.91. The van der Waals surface area contributed by atoms with E-state index in [1.165, 1.54) is 42.5 Å². The summed E-state index contributed by atoms with van der Waals surface area (Å²) in [5.41, 5.74) is 1.20. The first kappa shape index (κ1) is 16.4. The van der Waals surface area contributed by atoms with Crippen molar-refractivity contribution in [1.29, 1.82) is 0 Å². The molecular weight excluding hydrogens is 355 g/mol. The molecule has 4 aromatic rings. The first-order valence-electron chi connectivity index (χ1n) is 7.78. The SMILES string of the molecule is O=S(=O)(c1ccc(O)cc1)c1oc2ccc(F)cc2c1-c1ccccc1. The fraction of sp³-hybridized carbons (Fsp3) is 0. The fourth-order valence-electron chi connectivity index (χ4n) is 2.85. The van der Waals surface area contributed by atoms with Gasteiger partial charge in [-0.2, -0.15) is 0 Å². The molecule has 0 saturated carbocycles. The highest BCUT2D eigenvalue weighted by Crippen LogP contribution is 2.40. The first-order chi connectivity index (χ1) is 12.5. The topological polar surface area (TPSA) is 67.5 Å². The van der Waals surface area contributed by atoms with Gasteiger partial charge in [0, 0.05) is 10.9 Å². The molecule has 0 saturated heterocycles. The normalized spacial score (nSPS) is 11.7. The van der Waals surface area contributed by atoms with E-state index < -0.39 is 15.7 Å². The van der Waals surface area contributed by atoms with Crippen LogP contribution in [-0.4, -0.2) is 13.5 Å². The van der Waals surface area contributed by atoms with E-state index >= 15 is 0 Å². The highest BCUT2D eigenvalue weighted by atomic mass is 32.2. The molecule has 0 fully saturated rings. The van der Waals surface area contributed by atoms with Gasteiger partial charge in [-0.3, -0.25) is 0 Å². The predicted octanol–water partition coefficient (Wildman–Crippen LogP) is 4.78. The summed E-state index contributed by atoms with van der Waals surface area (Å²) in [4.78, 5) is -0.0213. The van der Waals surface area contributed by atoms with Crippen molar-refractivity contribution in [3.63, 3.8) is 0 Å². The predicted molar refractivity (Wildman–Crippen MR) is 95.2 cm³/mol. The molecule has 4 nitrogen and oxygen atoms in total. The number of phenols is 1. The van der Waals surface area contributed by atoms with Crippen LogP contribution in [0.1, 0.15) is 0 Å². The van der Waals surface area contributed by atoms with Gasteiger partial charge in [-0.25, -0.2) is 12.8 Å².